The molecule has 1 saturated heterocycles. The Kier molecular flexibility index (Phi) is 8.09. The molecule has 1 heterocycles. The van der Waals surface area contributed by atoms with Crippen LogP contribution in [0.4, 0.5) is 16.2 Å². The van der Waals surface area contributed by atoms with Gasteiger partial charge in [-0.15, -0.1) is 0 Å². The molecule has 0 aliphatic carbocycles. The Hall–Kier alpha value is -3.06. The van der Waals surface area contributed by atoms with Crippen molar-refractivity contribution in [2.24, 2.45) is 0 Å². The van der Waals surface area contributed by atoms with Gasteiger partial charge in [-0.05, 0) is 48.4 Å². The molecule has 3 amide bonds. The molecule has 7 heteroatoms. The van der Waals surface area contributed by atoms with Gasteiger partial charge in [-0.1, -0.05) is 25.5 Å². The predicted molar refractivity (Wildman–Crippen MR) is 117 cm³/mol. The molecule has 0 unspecified atom stereocenters. The summed E-state index contributed by atoms with van der Waals surface area (Å²) in [6, 6.07) is 14.3. The minimum Gasteiger partial charge on any atom is -0.494 e. The summed E-state index contributed by atoms with van der Waals surface area (Å²) in [7, 11) is 0. The number of hydrogen-bond donors (Lipinski definition) is 2. The number of carbonyl (C=O) groups is 2. The third-order valence-corrected chi connectivity index (χ3v) is 4.81. The number of ether oxygens (including phenoxy) is 2. The van der Waals surface area contributed by atoms with Gasteiger partial charge in [0.25, 0.3) is 0 Å². The summed E-state index contributed by atoms with van der Waals surface area (Å²) in [5.41, 5.74) is 2.26. The molecule has 0 spiro atoms. The third-order valence-electron chi connectivity index (χ3n) is 4.81. The highest BCUT2D eigenvalue weighted by atomic mass is 16.5. The Bertz CT molecular complexity index is 815. The summed E-state index contributed by atoms with van der Waals surface area (Å²) in [5.74, 6) is 0.885. The Balaban J connectivity index is 1.45. The molecule has 0 aromatic heterocycles. The topological polar surface area (TPSA) is 79.9 Å². The van der Waals surface area contributed by atoms with Gasteiger partial charge in [0.1, 0.15) is 5.75 Å². The van der Waals surface area contributed by atoms with Crippen molar-refractivity contribution in [3.8, 4) is 5.75 Å². The fraction of sp³-hybridized carbons (Fsp3) is 0.391. The lowest BCUT2D eigenvalue weighted by molar-refractivity contribution is -0.134. The van der Waals surface area contributed by atoms with E-state index in [0.29, 0.717) is 50.7 Å². The van der Waals surface area contributed by atoms with E-state index in [4.69, 9.17) is 9.47 Å². The summed E-state index contributed by atoms with van der Waals surface area (Å²) < 4.78 is 10.9. The lowest BCUT2D eigenvalue weighted by Gasteiger charge is -2.26. The summed E-state index contributed by atoms with van der Waals surface area (Å²) in [6.07, 6.45) is 2.45. The Morgan fingerprint density at radius 3 is 2.17 bits per heavy atom. The van der Waals surface area contributed by atoms with Gasteiger partial charge in [0, 0.05) is 24.5 Å². The highest BCUT2D eigenvalue weighted by molar-refractivity contribution is 5.99. The van der Waals surface area contributed by atoms with Crippen LogP contribution in [0.25, 0.3) is 0 Å². The van der Waals surface area contributed by atoms with Crippen LogP contribution in [0.3, 0.4) is 0 Å². The van der Waals surface area contributed by atoms with Crippen LogP contribution in [0.15, 0.2) is 48.5 Å². The predicted octanol–water partition coefficient (Wildman–Crippen LogP) is 3.91. The zero-order valence-electron chi connectivity index (χ0n) is 17.4. The van der Waals surface area contributed by atoms with Crippen molar-refractivity contribution in [1.82, 2.24) is 4.90 Å². The van der Waals surface area contributed by atoms with E-state index in [-0.39, 0.29) is 11.9 Å². The van der Waals surface area contributed by atoms with E-state index in [9.17, 15) is 9.59 Å². The lowest BCUT2D eigenvalue weighted by Crippen LogP contribution is -2.41. The number of nitrogens with zero attached hydrogens (tertiary/aromatic N) is 1. The Labute approximate surface area is 177 Å². The molecule has 1 aliphatic heterocycles. The molecule has 0 radical (unpaired) electrons. The van der Waals surface area contributed by atoms with Crippen LogP contribution >= 0.6 is 0 Å². The van der Waals surface area contributed by atoms with Crippen molar-refractivity contribution in [1.29, 1.82) is 0 Å². The van der Waals surface area contributed by atoms with Gasteiger partial charge in [-0.25, -0.2) is 4.79 Å². The molecule has 3 rings (SSSR count). The van der Waals surface area contributed by atoms with Gasteiger partial charge >= 0.3 is 6.03 Å². The first-order valence-electron chi connectivity index (χ1n) is 10.4. The summed E-state index contributed by atoms with van der Waals surface area (Å²) in [5, 5.41) is 5.59. The number of amides is 3. The number of unbranched alkanes of at least 4 members (excludes halogenated alkanes) is 1. The van der Waals surface area contributed by atoms with Gasteiger partial charge in [0.2, 0.25) is 5.91 Å². The van der Waals surface area contributed by atoms with Gasteiger partial charge in [0.05, 0.1) is 26.2 Å². The SMILES string of the molecule is CCCCOc1ccc(NC(=O)Nc2ccc(CC(=O)N3CCOCC3)cc2)cc1. The van der Waals surface area contributed by atoms with Gasteiger partial charge in [0.15, 0.2) is 0 Å². The monoisotopic (exact) mass is 411 g/mol. The van der Waals surface area contributed by atoms with Crippen molar-refractivity contribution in [2.75, 3.05) is 43.5 Å². The van der Waals surface area contributed by atoms with Crippen LogP contribution in [-0.2, 0) is 16.0 Å². The van der Waals surface area contributed by atoms with Crippen molar-refractivity contribution in [3.05, 3.63) is 54.1 Å². The molecular formula is C23H29N3O4. The molecule has 30 heavy (non-hydrogen) atoms. The zero-order chi connectivity index (χ0) is 21.2. The second-order valence-electron chi connectivity index (χ2n) is 7.17. The smallest absolute Gasteiger partial charge is 0.323 e. The number of carbonyl (C=O) groups excluding carboxylic acids is 2. The summed E-state index contributed by atoms with van der Waals surface area (Å²) in [6.45, 7) is 5.29. The van der Waals surface area contributed by atoms with E-state index in [2.05, 4.69) is 17.6 Å². The fourth-order valence-electron chi connectivity index (χ4n) is 3.07. The van der Waals surface area contributed by atoms with Gasteiger partial charge in [-0.3, -0.25) is 4.79 Å². The number of morpholine rings is 1. The second-order valence-corrected chi connectivity index (χ2v) is 7.17. The van der Waals surface area contributed by atoms with E-state index < -0.39 is 0 Å². The van der Waals surface area contributed by atoms with Crippen molar-refractivity contribution in [2.45, 2.75) is 26.2 Å². The Morgan fingerprint density at radius 2 is 1.57 bits per heavy atom. The average molecular weight is 412 g/mol. The summed E-state index contributed by atoms with van der Waals surface area (Å²) >= 11 is 0. The first-order valence-corrected chi connectivity index (χ1v) is 10.4. The molecule has 0 saturated carbocycles. The van der Waals surface area contributed by atoms with E-state index in [1.165, 1.54) is 0 Å². The molecule has 1 aliphatic rings. The molecule has 0 bridgehead atoms. The van der Waals surface area contributed by atoms with Crippen LogP contribution in [0.2, 0.25) is 0 Å². The maximum atomic E-state index is 12.3. The standard InChI is InChI=1S/C23H29N3O4/c1-2-3-14-30-21-10-8-20(9-11-21)25-23(28)24-19-6-4-18(5-7-19)17-22(27)26-12-15-29-16-13-26/h4-11H,2-3,12-17H2,1H3,(H2,24,25,28). The van der Waals surface area contributed by atoms with E-state index >= 15 is 0 Å². The van der Waals surface area contributed by atoms with E-state index in [1.54, 1.807) is 24.3 Å². The molecule has 0 atom stereocenters. The molecular weight excluding hydrogens is 382 g/mol. The average Bonchev–Trinajstić information content (AvgIpc) is 2.77. The number of nitrogens with one attached hydrogen (secondary N) is 2. The maximum absolute atomic E-state index is 12.3. The largest absolute Gasteiger partial charge is 0.494 e. The number of hydrogen-bond acceptors (Lipinski definition) is 4. The van der Waals surface area contributed by atoms with Crippen molar-refractivity contribution < 1.29 is 19.1 Å². The molecule has 7 nitrogen and oxygen atoms in total. The van der Waals surface area contributed by atoms with Crippen LogP contribution in [0, 0.1) is 0 Å². The van der Waals surface area contributed by atoms with E-state index in [1.807, 2.05) is 29.2 Å². The van der Waals surface area contributed by atoms with Crippen LogP contribution in [0.1, 0.15) is 25.3 Å². The second kappa shape index (κ2) is 11.2. The highest BCUT2D eigenvalue weighted by Crippen LogP contribution is 2.17. The fourth-order valence-corrected chi connectivity index (χ4v) is 3.07. The number of benzene rings is 2. The number of anilines is 2. The quantitative estimate of drug-likeness (QED) is 0.646. The molecule has 2 aromatic rings. The molecule has 2 N–H and O–H groups in total. The van der Waals surface area contributed by atoms with Gasteiger partial charge in [-0.2, -0.15) is 0 Å². The minimum absolute atomic E-state index is 0.0962. The lowest BCUT2D eigenvalue weighted by atomic mass is 10.1. The third kappa shape index (κ3) is 6.77. The first-order chi connectivity index (χ1) is 14.6. The molecule has 160 valence electrons. The van der Waals surface area contributed by atoms with Crippen LogP contribution < -0.4 is 15.4 Å². The van der Waals surface area contributed by atoms with Crippen molar-refractivity contribution in [3.63, 3.8) is 0 Å². The van der Waals surface area contributed by atoms with Crippen LogP contribution in [-0.4, -0.2) is 49.7 Å². The van der Waals surface area contributed by atoms with Crippen LogP contribution in [0.5, 0.6) is 5.75 Å². The minimum atomic E-state index is -0.327. The van der Waals surface area contributed by atoms with Gasteiger partial charge < -0.3 is 25.0 Å². The first kappa shape index (κ1) is 21.6. The van der Waals surface area contributed by atoms with Crippen molar-refractivity contribution >= 4 is 23.3 Å². The number of rotatable bonds is 8. The van der Waals surface area contributed by atoms with E-state index in [0.717, 1.165) is 24.2 Å². The number of urea groups is 1. The maximum Gasteiger partial charge on any atom is 0.323 e. The molecule has 2 aromatic carbocycles. The normalized spacial score (nSPS) is 13.6. The Morgan fingerprint density at radius 1 is 0.967 bits per heavy atom. The molecule has 1 fully saturated rings. The highest BCUT2D eigenvalue weighted by Gasteiger charge is 2.16. The zero-order valence-corrected chi connectivity index (χ0v) is 17.4. The summed E-state index contributed by atoms with van der Waals surface area (Å²) in [4.78, 5) is 26.4.